The van der Waals surface area contributed by atoms with Gasteiger partial charge in [0.1, 0.15) is 12.4 Å². The Morgan fingerprint density at radius 2 is 1.83 bits per heavy atom. The van der Waals surface area contributed by atoms with Crippen LogP contribution >= 0.6 is 11.3 Å². The maximum Gasteiger partial charge on any atom is 0.232 e. The topological polar surface area (TPSA) is 51.4 Å². The average molecular weight is 404 g/mol. The van der Waals surface area contributed by atoms with Gasteiger partial charge in [-0.3, -0.25) is 4.90 Å². The van der Waals surface area contributed by atoms with E-state index < -0.39 is 0 Å². The lowest BCUT2D eigenvalue weighted by atomic mass is 9.99. The molecular formula is C23H21N3O2S. The maximum atomic E-state index is 5.86. The number of rotatable bonds is 7. The maximum absolute atomic E-state index is 5.86. The first-order valence-electron chi connectivity index (χ1n) is 9.68. The minimum Gasteiger partial charge on any atom is -0.489 e. The molecule has 0 aliphatic carbocycles. The molecule has 3 heterocycles. The molecule has 1 fully saturated rings. The predicted octanol–water partition coefficient (Wildman–Crippen LogP) is 4.98. The Kier molecular flexibility index (Phi) is 5.11. The second kappa shape index (κ2) is 8.19. The Bertz CT molecular complexity index is 1040. The molecule has 1 aliphatic heterocycles. The third kappa shape index (κ3) is 4.23. The van der Waals surface area contributed by atoms with Gasteiger partial charge in [0.25, 0.3) is 0 Å². The van der Waals surface area contributed by atoms with Crippen LogP contribution in [-0.2, 0) is 13.2 Å². The summed E-state index contributed by atoms with van der Waals surface area (Å²) in [5.74, 6) is 2.65. The van der Waals surface area contributed by atoms with Crippen LogP contribution in [0.5, 0.6) is 5.75 Å². The molecule has 2 aromatic heterocycles. The number of likely N-dealkylation sites (tertiary alicyclic amines) is 1. The quantitative estimate of drug-likeness (QED) is 0.436. The predicted molar refractivity (Wildman–Crippen MR) is 113 cm³/mol. The first-order chi connectivity index (χ1) is 14.3. The molecule has 0 amide bonds. The van der Waals surface area contributed by atoms with Gasteiger partial charge in [0, 0.05) is 30.6 Å². The van der Waals surface area contributed by atoms with Gasteiger partial charge in [0.2, 0.25) is 11.7 Å². The summed E-state index contributed by atoms with van der Waals surface area (Å²) in [5.41, 5.74) is 3.47. The minimum absolute atomic E-state index is 0.323. The Morgan fingerprint density at radius 1 is 1.00 bits per heavy atom. The number of nitrogens with zero attached hydrogens (tertiary/aromatic N) is 3. The SMILES string of the molecule is c1ccc(COc2ccc(CN3CC(c4nc(-c5ccsc5)no4)C3)cc2)cc1. The zero-order valence-corrected chi connectivity index (χ0v) is 16.7. The van der Waals surface area contributed by atoms with E-state index in [1.54, 1.807) is 11.3 Å². The van der Waals surface area contributed by atoms with E-state index in [-0.39, 0.29) is 0 Å². The van der Waals surface area contributed by atoms with E-state index in [0.29, 0.717) is 18.3 Å². The van der Waals surface area contributed by atoms with Crippen LogP contribution in [0.2, 0.25) is 0 Å². The summed E-state index contributed by atoms with van der Waals surface area (Å²) >= 11 is 1.64. The van der Waals surface area contributed by atoms with Crippen molar-refractivity contribution in [2.24, 2.45) is 0 Å². The van der Waals surface area contributed by atoms with Crippen LogP contribution in [0.15, 0.2) is 75.9 Å². The molecule has 0 N–H and O–H groups in total. The molecule has 1 saturated heterocycles. The molecule has 0 unspecified atom stereocenters. The molecule has 5 nitrogen and oxygen atoms in total. The van der Waals surface area contributed by atoms with Gasteiger partial charge in [-0.2, -0.15) is 16.3 Å². The lowest BCUT2D eigenvalue weighted by molar-refractivity contribution is 0.117. The lowest BCUT2D eigenvalue weighted by Crippen LogP contribution is -2.44. The molecule has 4 aromatic rings. The molecule has 0 saturated carbocycles. The van der Waals surface area contributed by atoms with Gasteiger partial charge in [-0.1, -0.05) is 47.6 Å². The Hall–Kier alpha value is -2.96. The fraction of sp³-hybridized carbons (Fsp3) is 0.217. The summed E-state index contributed by atoms with van der Waals surface area (Å²) in [6, 6.07) is 20.6. The van der Waals surface area contributed by atoms with Crippen LogP contribution in [0.3, 0.4) is 0 Å². The van der Waals surface area contributed by atoms with Crippen molar-refractivity contribution in [1.82, 2.24) is 15.0 Å². The van der Waals surface area contributed by atoms with Crippen LogP contribution in [0.4, 0.5) is 0 Å². The third-order valence-electron chi connectivity index (χ3n) is 5.11. The van der Waals surface area contributed by atoms with Gasteiger partial charge < -0.3 is 9.26 Å². The van der Waals surface area contributed by atoms with Gasteiger partial charge >= 0.3 is 0 Å². The van der Waals surface area contributed by atoms with E-state index in [4.69, 9.17) is 9.26 Å². The fourth-order valence-corrected chi connectivity index (χ4v) is 4.09. The number of hydrogen-bond acceptors (Lipinski definition) is 6. The van der Waals surface area contributed by atoms with Crippen molar-refractivity contribution >= 4 is 11.3 Å². The molecule has 0 radical (unpaired) electrons. The molecule has 0 atom stereocenters. The first kappa shape index (κ1) is 18.1. The van der Waals surface area contributed by atoms with E-state index in [0.717, 1.165) is 36.8 Å². The van der Waals surface area contributed by atoms with Gasteiger partial charge in [0.05, 0.1) is 5.92 Å². The second-order valence-corrected chi connectivity index (χ2v) is 8.06. The summed E-state index contributed by atoms with van der Waals surface area (Å²) < 4.78 is 11.3. The highest BCUT2D eigenvalue weighted by molar-refractivity contribution is 7.08. The molecule has 5 rings (SSSR count). The molecule has 29 heavy (non-hydrogen) atoms. The van der Waals surface area contributed by atoms with E-state index in [1.165, 1.54) is 11.1 Å². The van der Waals surface area contributed by atoms with Crippen molar-refractivity contribution in [2.75, 3.05) is 13.1 Å². The van der Waals surface area contributed by atoms with Crippen LogP contribution in [0.1, 0.15) is 22.9 Å². The van der Waals surface area contributed by atoms with Crippen molar-refractivity contribution < 1.29 is 9.26 Å². The molecule has 0 spiro atoms. The normalized spacial score (nSPS) is 14.6. The highest BCUT2D eigenvalue weighted by Crippen LogP contribution is 2.29. The van der Waals surface area contributed by atoms with Crippen molar-refractivity contribution in [2.45, 2.75) is 19.1 Å². The summed E-state index contributed by atoms with van der Waals surface area (Å²) in [7, 11) is 0. The fourth-order valence-electron chi connectivity index (χ4n) is 3.46. The van der Waals surface area contributed by atoms with E-state index in [1.807, 2.05) is 47.2 Å². The Balaban J connectivity index is 1.11. The number of aromatic nitrogens is 2. The van der Waals surface area contributed by atoms with Crippen LogP contribution in [0, 0.1) is 0 Å². The summed E-state index contributed by atoms with van der Waals surface area (Å²) in [4.78, 5) is 6.95. The molecule has 2 aromatic carbocycles. The van der Waals surface area contributed by atoms with Gasteiger partial charge in [0.15, 0.2) is 0 Å². The number of ether oxygens (including phenoxy) is 1. The van der Waals surface area contributed by atoms with Crippen LogP contribution in [-0.4, -0.2) is 28.1 Å². The summed E-state index contributed by atoms with van der Waals surface area (Å²) in [6.45, 7) is 3.39. The third-order valence-corrected chi connectivity index (χ3v) is 5.79. The average Bonchev–Trinajstić information content (AvgIpc) is 3.42. The molecule has 146 valence electrons. The van der Waals surface area contributed by atoms with Gasteiger partial charge in [-0.25, -0.2) is 0 Å². The zero-order chi connectivity index (χ0) is 19.5. The number of thiophene rings is 1. The molecular weight excluding hydrogens is 382 g/mol. The van der Waals surface area contributed by atoms with E-state index in [9.17, 15) is 0 Å². The lowest BCUT2D eigenvalue weighted by Gasteiger charge is -2.37. The van der Waals surface area contributed by atoms with Crippen molar-refractivity contribution in [1.29, 1.82) is 0 Å². The summed E-state index contributed by atoms with van der Waals surface area (Å²) in [6.07, 6.45) is 0. The minimum atomic E-state index is 0.323. The highest BCUT2D eigenvalue weighted by Gasteiger charge is 2.32. The first-order valence-corrected chi connectivity index (χ1v) is 10.6. The second-order valence-electron chi connectivity index (χ2n) is 7.28. The molecule has 0 bridgehead atoms. The van der Waals surface area contributed by atoms with E-state index >= 15 is 0 Å². The van der Waals surface area contributed by atoms with Crippen molar-refractivity contribution in [3.63, 3.8) is 0 Å². The van der Waals surface area contributed by atoms with Crippen molar-refractivity contribution in [3.8, 4) is 17.1 Å². The van der Waals surface area contributed by atoms with Gasteiger partial charge in [-0.05, 0) is 34.7 Å². The molecule has 1 aliphatic rings. The zero-order valence-electron chi connectivity index (χ0n) is 15.9. The van der Waals surface area contributed by atoms with Crippen LogP contribution in [0.25, 0.3) is 11.4 Å². The smallest absolute Gasteiger partial charge is 0.232 e. The highest BCUT2D eigenvalue weighted by atomic mass is 32.1. The standard InChI is InChI=1S/C23H21N3O2S/c1-2-4-18(5-3-1)15-27-21-8-6-17(7-9-21)12-26-13-20(14-26)23-24-22(25-28-23)19-10-11-29-16-19/h1-11,16,20H,12-15H2. The number of benzene rings is 2. The van der Waals surface area contributed by atoms with E-state index in [2.05, 4.69) is 39.3 Å². The number of hydrogen-bond donors (Lipinski definition) is 0. The van der Waals surface area contributed by atoms with Crippen LogP contribution < -0.4 is 4.74 Å². The summed E-state index contributed by atoms with van der Waals surface area (Å²) in [5, 5.41) is 8.17. The van der Waals surface area contributed by atoms with Crippen molar-refractivity contribution in [3.05, 3.63) is 88.4 Å². The Morgan fingerprint density at radius 3 is 2.59 bits per heavy atom. The largest absolute Gasteiger partial charge is 0.489 e. The Labute approximate surface area is 173 Å². The monoisotopic (exact) mass is 403 g/mol. The van der Waals surface area contributed by atoms with Gasteiger partial charge in [-0.15, -0.1) is 0 Å². The molecule has 6 heteroatoms.